The van der Waals surface area contributed by atoms with E-state index >= 15 is 0 Å². The highest BCUT2D eigenvalue weighted by Crippen LogP contribution is 2.23. The summed E-state index contributed by atoms with van der Waals surface area (Å²) in [7, 11) is 0. The van der Waals surface area contributed by atoms with Crippen molar-refractivity contribution in [1.82, 2.24) is 5.32 Å². The third-order valence-electron chi connectivity index (χ3n) is 3.98. The summed E-state index contributed by atoms with van der Waals surface area (Å²) in [6.07, 6.45) is -2.92. The predicted molar refractivity (Wildman–Crippen MR) is 95.2 cm³/mol. The Hall–Kier alpha value is -2.94. The lowest BCUT2D eigenvalue weighted by molar-refractivity contribution is -0.206. The number of esters is 3. The molecule has 1 saturated heterocycles. The highest BCUT2D eigenvalue weighted by Gasteiger charge is 2.46. The van der Waals surface area contributed by atoms with Crippen LogP contribution in [-0.4, -0.2) is 61.4 Å². The van der Waals surface area contributed by atoms with E-state index in [-0.39, 0.29) is 13.2 Å². The lowest BCUT2D eigenvalue weighted by Crippen LogP contribution is -2.62. The first kappa shape index (κ1) is 21.4. The summed E-state index contributed by atoms with van der Waals surface area (Å²) < 4.78 is 21.2. The van der Waals surface area contributed by atoms with E-state index in [0.717, 1.165) is 0 Å². The van der Waals surface area contributed by atoms with Crippen molar-refractivity contribution in [3.8, 4) is 0 Å². The number of rotatable bonds is 6. The molecule has 1 aliphatic rings. The van der Waals surface area contributed by atoms with Crippen LogP contribution < -0.4 is 5.32 Å². The van der Waals surface area contributed by atoms with Crippen LogP contribution in [0.5, 0.6) is 0 Å². The number of amides is 1. The molecule has 1 aromatic rings. The van der Waals surface area contributed by atoms with Gasteiger partial charge in [-0.1, -0.05) is 18.2 Å². The Morgan fingerprint density at radius 1 is 0.964 bits per heavy atom. The molecule has 4 atom stereocenters. The maximum atomic E-state index is 12.5. The third-order valence-corrected chi connectivity index (χ3v) is 3.98. The lowest BCUT2D eigenvalue weighted by atomic mass is 9.97. The van der Waals surface area contributed by atoms with Crippen molar-refractivity contribution in [1.29, 1.82) is 0 Å². The zero-order chi connectivity index (χ0) is 20.7. The molecule has 0 aromatic heterocycles. The molecule has 2 rings (SSSR count). The summed E-state index contributed by atoms with van der Waals surface area (Å²) in [6.45, 7) is 3.41. The fraction of sp³-hybridized carbons (Fsp3) is 0.474. The quantitative estimate of drug-likeness (QED) is 0.552. The van der Waals surface area contributed by atoms with E-state index < -0.39 is 48.2 Å². The van der Waals surface area contributed by atoms with Gasteiger partial charge in [0, 0.05) is 26.3 Å². The molecule has 9 heteroatoms. The largest absolute Gasteiger partial charge is 0.463 e. The topological polar surface area (TPSA) is 117 Å². The van der Waals surface area contributed by atoms with Crippen LogP contribution in [0.3, 0.4) is 0 Å². The Morgan fingerprint density at radius 2 is 1.57 bits per heavy atom. The smallest absolute Gasteiger partial charge is 0.303 e. The molecular formula is C19H23NO8. The Balaban J connectivity index is 2.22. The van der Waals surface area contributed by atoms with Gasteiger partial charge in [0.25, 0.3) is 5.91 Å². The van der Waals surface area contributed by atoms with Crippen molar-refractivity contribution in [3.05, 3.63) is 35.9 Å². The van der Waals surface area contributed by atoms with Crippen LogP contribution in [0.25, 0.3) is 0 Å². The minimum absolute atomic E-state index is 0.0276. The normalized spacial score (nSPS) is 24.0. The minimum Gasteiger partial charge on any atom is -0.463 e. The zero-order valence-corrected chi connectivity index (χ0v) is 15.9. The molecule has 0 aliphatic carbocycles. The zero-order valence-electron chi connectivity index (χ0n) is 15.9. The molecule has 1 amide bonds. The molecule has 0 saturated carbocycles. The second-order valence-electron chi connectivity index (χ2n) is 6.27. The predicted octanol–water partition coefficient (Wildman–Crippen LogP) is 0.610. The molecule has 0 radical (unpaired) electrons. The molecule has 28 heavy (non-hydrogen) atoms. The van der Waals surface area contributed by atoms with Crippen LogP contribution in [0.4, 0.5) is 0 Å². The summed E-state index contributed by atoms with van der Waals surface area (Å²) >= 11 is 0. The number of hydrogen-bond acceptors (Lipinski definition) is 8. The van der Waals surface area contributed by atoms with E-state index in [9.17, 15) is 19.2 Å². The number of ether oxygens (including phenoxy) is 4. The van der Waals surface area contributed by atoms with E-state index in [0.29, 0.717) is 5.56 Å². The highest BCUT2D eigenvalue weighted by molar-refractivity contribution is 5.94. The number of nitrogens with one attached hydrogen (secondary N) is 1. The standard InChI is InChI=1S/C19H23NO8/c1-11(21)25-10-16-18(28-13(3)23)17(27-12(2)22)15(9-26-16)20-19(24)14-7-5-4-6-8-14/h4-8,15-18H,9-10H2,1-3H3,(H,20,24). The van der Waals surface area contributed by atoms with Crippen molar-refractivity contribution >= 4 is 23.8 Å². The monoisotopic (exact) mass is 393 g/mol. The van der Waals surface area contributed by atoms with Crippen LogP contribution in [0.1, 0.15) is 31.1 Å². The van der Waals surface area contributed by atoms with Gasteiger partial charge in [-0.2, -0.15) is 0 Å². The first-order valence-electron chi connectivity index (χ1n) is 8.73. The van der Waals surface area contributed by atoms with Gasteiger partial charge in [-0.3, -0.25) is 19.2 Å². The molecule has 1 fully saturated rings. The third kappa shape index (κ3) is 6.05. The Morgan fingerprint density at radius 3 is 2.14 bits per heavy atom. The van der Waals surface area contributed by atoms with Crippen LogP contribution in [0.15, 0.2) is 30.3 Å². The molecule has 0 bridgehead atoms. The van der Waals surface area contributed by atoms with Gasteiger partial charge in [0.05, 0.1) is 12.6 Å². The lowest BCUT2D eigenvalue weighted by Gasteiger charge is -2.41. The van der Waals surface area contributed by atoms with Crippen molar-refractivity contribution in [2.75, 3.05) is 13.2 Å². The van der Waals surface area contributed by atoms with Crippen LogP contribution >= 0.6 is 0 Å². The molecule has 1 N–H and O–H groups in total. The second kappa shape index (κ2) is 9.84. The van der Waals surface area contributed by atoms with Gasteiger partial charge in [-0.15, -0.1) is 0 Å². The second-order valence-corrected chi connectivity index (χ2v) is 6.27. The molecule has 4 unspecified atom stereocenters. The Kier molecular flexibility index (Phi) is 7.51. The molecule has 9 nitrogen and oxygen atoms in total. The molecule has 152 valence electrons. The van der Waals surface area contributed by atoms with Crippen LogP contribution in [-0.2, 0) is 33.3 Å². The number of hydrogen-bond donors (Lipinski definition) is 1. The van der Waals surface area contributed by atoms with Crippen molar-refractivity contribution in [3.63, 3.8) is 0 Å². The van der Waals surface area contributed by atoms with Gasteiger partial charge in [-0.05, 0) is 12.1 Å². The Bertz CT molecular complexity index is 720. The number of carbonyl (C=O) groups is 4. The van der Waals surface area contributed by atoms with Gasteiger partial charge in [0.1, 0.15) is 12.7 Å². The molecule has 1 aromatic carbocycles. The highest BCUT2D eigenvalue weighted by atomic mass is 16.6. The fourth-order valence-corrected chi connectivity index (χ4v) is 2.84. The molecule has 1 aliphatic heterocycles. The van der Waals surface area contributed by atoms with Gasteiger partial charge >= 0.3 is 17.9 Å². The number of carbonyl (C=O) groups excluding carboxylic acids is 4. The van der Waals surface area contributed by atoms with Crippen LogP contribution in [0.2, 0.25) is 0 Å². The first-order valence-corrected chi connectivity index (χ1v) is 8.73. The summed E-state index contributed by atoms with van der Waals surface area (Å²) in [4.78, 5) is 46.8. The molecule has 0 spiro atoms. The summed E-state index contributed by atoms with van der Waals surface area (Å²) in [5.41, 5.74) is 0.412. The molecular weight excluding hydrogens is 370 g/mol. The van der Waals surface area contributed by atoms with Crippen molar-refractivity contribution in [2.24, 2.45) is 0 Å². The Labute approximate surface area is 162 Å². The van der Waals surface area contributed by atoms with E-state index in [2.05, 4.69) is 5.32 Å². The van der Waals surface area contributed by atoms with Crippen LogP contribution in [0, 0.1) is 0 Å². The average Bonchev–Trinajstić information content (AvgIpc) is 2.63. The maximum absolute atomic E-state index is 12.5. The van der Waals surface area contributed by atoms with Crippen molar-refractivity contribution in [2.45, 2.75) is 45.1 Å². The summed E-state index contributed by atoms with van der Waals surface area (Å²) in [5.74, 6) is -2.18. The minimum atomic E-state index is -1.06. The summed E-state index contributed by atoms with van der Waals surface area (Å²) in [6, 6.07) is 7.70. The number of benzene rings is 1. The SMILES string of the molecule is CC(=O)OCC1OCC(NC(=O)c2ccccc2)C(OC(C)=O)C1OC(C)=O. The van der Waals surface area contributed by atoms with E-state index in [4.69, 9.17) is 18.9 Å². The van der Waals surface area contributed by atoms with Gasteiger partial charge in [-0.25, -0.2) is 0 Å². The van der Waals surface area contributed by atoms with Crippen molar-refractivity contribution < 1.29 is 38.1 Å². The fourth-order valence-electron chi connectivity index (χ4n) is 2.84. The molecule has 1 heterocycles. The maximum Gasteiger partial charge on any atom is 0.303 e. The first-order chi connectivity index (χ1) is 13.3. The van der Waals surface area contributed by atoms with E-state index in [1.54, 1.807) is 30.3 Å². The van der Waals surface area contributed by atoms with E-state index in [1.165, 1.54) is 20.8 Å². The summed E-state index contributed by atoms with van der Waals surface area (Å²) in [5, 5.41) is 2.74. The van der Waals surface area contributed by atoms with Gasteiger partial charge < -0.3 is 24.3 Å². The van der Waals surface area contributed by atoms with Gasteiger partial charge in [0.2, 0.25) is 0 Å². The average molecular weight is 393 g/mol. The van der Waals surface area contributed by atoms with Gasteiger partial charge in [0.15, 0.2) is 12.2 Å². The van der Waals surface area contributed by atoms with E-state index in [1.807, 2.05) is 0 Å².